The molecule has 0 bridgehead atoms. The minimum atomic E-state index is 0.905. The summed E-state index contributed by atoms with van der Waals surface area (Å²) in [7, 11) is 0. The Balaban J connectivity index is 2.06. The number of unbranched alkanes of at least 4 members (excludes halogenated alkanes) is 1. The largest absolute Gasteiger partial charge is 0.316 e. The molecule has 0 aliphatic rings. The van der Waals surface area contributed by atoms with Gasteiger partial charge in [0.05, 0.1) is 22.5 Å². The van der Waals surface area contributed by atoms with Crippen LogP contribution < -0.4 is 4.80 Å². The van der Waals surface area contributed by atoms with Crippen molar-refractivity contribution in [3.63, 3.8) is 0 Å². The number of aromatic nitrogens is 2. The first-order chi connectivity index (χ1) is 10.4. The summed E-state index contributed by atoms with van der Waals surface area (Å²) in [6.45, 7) is 3.22. The zero-order valence-electron chi connectivity index (χ0n) is 11.9. The molecule has 0 unspecified atom stereocenters. The molecule has 0 N–H and O–H groups in total. The summed E-state index contributed by atoms with van der Waals surface area (Å²) < 4.78 is 2.33. The first-order valence-corrected chi connectivity index (χ1v) is 8.81. The van der Waals surface area contributed by atoms with Crippen molar-refractivity contribution in [2.24, 2.45) is 4.99 Å². The second kappa shape index (κ2) is 6.83. The molecule has 0 fully saturated rings. The third-order valence-corrected chi connectivity index (χ3v) is 4.93. The molecule has 0 spiro atoms. The first kappa shape index (κ1) is 14.2. The highest BCUT2D eigenvalue weighted by Gasteiger charge is 2.08. The van der Waals surface area contributed by atoms with Gasteiger partial charge in [0.25, 0.3) is 0 Å². The zero-order valence-corrected chi connectivity index (χ0v) is 13.5. The van der Waals surface area contributed by atoms with Gasteiger partial charge in [0, 0.05) is 18.1 Å². The van der Waals surface area contributed by atoms with Crippen LogP contribution in [-0.4, -0.2) is 9.55 Å². The number of thiophene rings is 1. The van der Waals surface area contributed by atoms with E-state index in [1.54, 1.807) is 35.1 Å². The van der Waals surface area contributed by atoms with Crippen molar-refractivity contribution in [2.45, 2.75) is 26.3 Å². The Morgan fingerprint density at radius 1 is 1.24 bits per heavy atom. The minimum Gasteiger partial charge on any atom is -0.316 e. The number of pyridine rings is 1. The predicted molar refractivity (Wildman–Crippen MR) is 90.0 cm³/mol. The van der Waals surface area contributed by atoms with E-state index < -0.39 is 0 Å². The lowest BCUT2D eigenvalue weighted by Crippen LogP contribution is -2.15. The van der Waals surface area contributed by atoms with Crippen LogP contribution in [0.25, 0.3) is 10.6 Å². The van der Waals surface area contributed by atoms with Crippen LogP contribution in [0.2, 0.25) is 0 Å². The van der Waals surface area contributed by atoms with Gasteiger partial charge in [-0.25, -0.2) is 4.99 Å². The molecule has 108 valence electrons. The molecule has 3 rings (SSSR count). The molecule has 3 nitrogen and oxygen atoms in total. The molecule has 0 aromatic carbocycles. The maximum Gasteiger partial charge on any atom is 0.190 e. The van der Waals surface area contributed by atoms with Crippen LogP contribution in [0.5, 0.6) is 0 Å². The van der Waals surface area contributed by atoms with Crippen molar-refractivity contribution in [3.05, 3.63) is 52.2 Å². The Bertz CT molecular complexity index is 739. The third-order valence-electron chi connectivity index (χ3n) is 3.18. The van der Waals surface area contributed by atoms with E-state index in [4.69, 9.17) is 4.99 Å². The topological polar surface area (TPSA) is 30.2 Å². The highest BCUT2D eigenvalue weighted by molar-refractivity contribution is 7.14. The lowest BCUT2D eigenvalue weighted by atomic mass is 10.3. The molecule has 0 saturated heterocycles. The Morgan fingerprint density at radius 3 is 2.90 bits per heavy atom. The van der Waals surface area contributed by atoms with Gasteiger partial charge >= 0.3 is 0 Å². The van der Waals surface area contributed by atoms with E-state index in [1.807, 2.05) is 12.1 Å². The van der Waals surface area contributed by atoms with Crippen molar-refractivity contribution >= 4 is 28.4 Å². The number of hydrogen-bond acceptors (Lipinski definition) is 4. The molecule has 0 amide bonds. The van der Waals surface area contributed by atoms with Gasteiger partial charge in [-0.3, -0.25) is 4.98 Å². The van der Waals surface area contributed by atoms with E-state index in [1.165, 1.54) is 17.0 Å². The Hall–Kier alpha value is -1.72. The average Bonchev–Trinajstić information content (AvgIpc) is 3.16. The summed E-state index contributed by atoms with van der Waals surface area (Å²) >= 11 is 3.47. The number of rotatable bonds is 5. The lowest BCUT2D eigenvalue weighted by Gasteiger charge is -2.06. The molecule has 0 saturated carbocycles. The summed E-state index contributed by atoms with van der Waals surface area (Å²) in [5.74, 6) is 0. The molecule has 3 aromatic heterocycles. The van der Waals surface area contributed by atoms with Crippen molar-refractivity contribution in [2.75, 3.05) is 0 Å². The molecule has 3 aromatic rings. The Morgan fingerprint density at radius 2 is 2.19 bits per heavy atom. The van der Waals surface area contributed by atoms with Crippen LogP contribution in [0.4, 0.5) is 5.69 Å². The maximum atomic E-state index is 4.75. The van der Waals surface area contributed by atoms with E-state index >= 15 is 0 Å². The van der Waals surface area contributed by atoms with Crippen molar-refractivity contribution < 1.29 is 0 Å². The standard InChI is InChI=1S/C16H17N3S2/c1-2-3-9-19-14(15-7-5-10-20-15)12-21-16(19)18-13-6-4-8-17-11-13/h4-8,10-12H,2-3,9H2,1H3. The van der Waals surface area contributed by atoms with Gasteiger partial charge in [0.1, 0.15) is 0 Å². The van der Waals surface area contributed by atoms with Crippen LogP contribution >= 0.6 is 22.7 Å². The number of nitrogens with zero attached hydrogens (tertiary/aromatic N) is 3. The second-order valence-electron chi connectivity index (χ2n) is 4.71. The van der Waals surface area contributed by atoms with Gasteiger partial charge in [-0.15, -0.1) is 22.7 Å². The normalized spacial score (nSPS) is 12.0. The quantitative estimate of drug-likeness (QED) is 0.671. The summed E-state index contributed by atoms with van der Waals surface area (Å²) in [5.41, 5.74) is 2.17. The van der Waals surface area contributed by atoms with Crippen LogP contribution in [0.15, 0.2) is 52.4 Å². The van der Waals surface area contributed by atoms with Gasteiger partial charge in [-0.2, -0.15) is 0 Å². The smallest absolute Gasteiger partial charge is 0.190 e. The van der Waals surface area contributed by atoms with Crippen molar-refractivity contribution in [1.82, 2.24) is 9.55 Å². The third kappa shape index (κ3) is 3.31. The van der Waals surface area contributed by atoms with Gasteiger partial charge in [-0.05, 0) is 30.0 Å². The van der Waals surface area contributed by atoms with Crippen LogP contribution in [0.3, 0.4) is 0 Å². The Labute approximate surface area is 132 Å². The van der Waals surface area contributed by atoms with Crippen molar-refractivity contribution in [1.29, 1.82) is 0 Å². The summed E-state index contributed by atoms with van der Waals surface area (Å²) in [5, 5.41) is 4.33. The van der Waals surface area contributed by atoms with E-state index in [9.17, 15) is 0 Å². The predicted octanol–water partition coefficient (Wildman–Crippen LogP) is 4.71. The SMILES string of the molecule is CCCCn1c(-c2cccs2)csc1=Nc1cccnc1. The highest BCUT2D eigenvalue weighted by atomic mass is 32.1. The Kier molecular flexibility index (Phi) is 4.62. The molecule has 5 heteroatoms. The molecular formula is C16H17N3S2. The van der Waals surface area contributed by atoms with E-state index in [-0.39, 0.29) is 0 Å². The zero-order chi connectivity index (χ0) is 14.5. The van der Waals surface area contributed by atoms with Crippen LogP contribution in [0.1, 0.15) is 19.8 Å². The van der Waals surface area contributed by atoms with E-state index in [2.05, 4.69) is 39.4 Å². The van der Waals surface area contributed by atoms with E-state index in [0.717, 1.165) is 23.5 Å². The minimum absolute atomic E-state index is 0.905. The molecule has 0 aliphatic heterocycles. The maximum absolute atomic E-state index is 4.75. The summed E-state index contributed by atoms with van der Waals surface area (Å²) in [4.78, 5) is 11.2. The van der Waals surface area contributed by atoms with Gasteiger partial charge in [0.2, 0.25) is 0 Å². The fourth-order valence-corrected chi connectivity index (χ4v) is 3.88. The lowest BCUT2D eigenvalue weighted by molar-refractivity contribution is 0.624. The number of thiazole rings is 1. The number of hydrogen-bond donors (Lipinski definition) is 0. The molecule has 0 radical (unpaired) electrons. The van der Waals surface area contributed by atoms with Gasteiger partial charge in [-0.1, -0.05) is 19.4 Å². The monoisotopic (exact) mass is 315 g/mol. The van der Waals surface area contributed by atoms with E-state index in [0.29, 0.717) is 0 Å². The van der Waals surface area contributed by atoms with Gasteiger partial charge < -0.3 is 4.57 Å². The van der Waals surface area contributed by atoms with Crippen LogP contribution in [0, 0.1) is 0 Å². The van der Waals surface area contributed by atoms with Crippen molar-refractivity contribution in [3.8, 4) is 10.6 Å². The first-order valence-electron chi connectivity index (χ1n) is 7.05. The molecule has 0 aliphatic carbocycles. The fraction of sp³-hybridized carbons (Fsp3) is 0.250. The molecule has 0 atom stereocenters. The molecule has 21 heavy (non-hydrogen) atoms. The molecular weight excluding hydrogens is 298 g/mol. The van der Waals surface area contributed by atoms with Crippen LogP contribution in [-0.2, 0) is 6.54 Å². The summed E-state index contributed by atoms with van der Waals surface area (Å²) in [6, 6.07) is 8.17. The van der Waals surface area contributed by atoms with Gasteiger partial charge in [0.15, 0.2) is 4.80 Å². The summed E-state index contributed by atoms with van der Waals surface area (Å²) in [6.07, 6.45) is 5.92. The highest BCUT2D eigenvalue weighted by Crippen LogP contribution is 2.25. The molecule has 3 heterocycles. The average molecular weight is 315 g/mol. The second-order valence-corrected chi connectivity index (χ2v) is 6.49. The fourth-order valence-electron chi connectivity index (χ4n) is 2.10.